The van der Waals surface area contributed by atoms with Gasteiger partial charge in [0.15, 0.2) is 0 Å². The number of hydrogen-bond acceptors (Lipinski definition) is 4. The Morgan fingerprint density at radius 1 is 0.862 bits per heavy atom. The van der Waals surface area contributed by atoms with E-state index >= 15 is 0 Å². The lowest BCUT2D eigenvalue weighted by molar-refractivity contribution is 0.128. The standard InChI is InChI=1S/C23H30F2N2OS/c1-18(28)17-27-12-2-11-26(13-14-27)15-16-29-23(19-3-7-21(24)8-4-19)20-5-9-22(25)10-6-20/h3-10,18,23,28H,2,11-17H2,1H3. The first-order valence-corrected chi connectivity index (χ1v) is 11.3. The van der Waals surface area contributed by atoms with Crippen molar-refractivity contribution in [2.75, 3.05) is 45.0 Å². The van der Waals surface area contributed by atoms with Crippen molar-refractivity contribution in [2.24, 2.45) is 0 Å². The van der Waals surface area contributed by atoms with Crippen LogP contribution in [0.2, 0.25) is 0 Å². The van der Waals surface area contributed by atoms with E-state index in [4.69, 9.17) is 0 Å². The van der Waals surface area contributed by atoms with Crippen LogP contribution in [0.3, 0.4) is 0 Å². The summed E-state index contributed by atoms with van der Waals surface area (Å²) in [4.78, 5) is 4.80. The predicted molar refractivity (Wildman–Crippen MR) is 116 cm³/mol. The molecule has 0 aliphatic carbocycles. The summed E-state index contributed by atoms with van der Waals surface area (Å²) in [6, 6.07) is 13.2. The van der Waals surface area contributed by atoms with E-state index < -0.39 is 0 Å². The number of nitrogens with zero attached hydrogens (tertiary/aromatic N) is 2. The number of aliphatic hydroxyl groups excluding tert-OH is 1. The van der Waals surface area contributed by atoms with E-state index in [1.165, 1.54) is 24.3 Å². The van der Waals surface area contributed by atoms with E-state index in [1.807, 2.05) is 43.0 Å². The molecule has 0 bridgehead atoms. The number of β-amino-alcohol motifs (C(OH)–C–C–N with tert-alkyl or cyclic N) is 1. The summed E-state index contributed by atoms with van der Waals surface area (Å²) >= 11 is 1.81. The Balaban J connectivity index is 1.58. The first-order chi connectivity index (χ1) is 14.0. The SMILES string of the molecule is CC(O)CN1CCCN(CCSC(c2ccc(F)cc2)c2ccc(F)cc2)CC1. The second-order valence-electron chi connectivity index (χ2n) is 7.70. The van der Waals surface area contributed by atoms with E-state index in [0.29, 0.717) is 0 Å². The van der Waals surface area contributed by atoms with Crippen molar-refractivity contribution in [1.29, 1.82) is 0 Å². The fraction of sp³-hybridized carbons (Fsp3) is 0.478. The molecule has 0 radical (unpaired) electrons. The van der Waals surface area contributed by atoms with E-state index in [0.717, 1.165) is 62.6 Å². The number of halogens is 2. The van der Waals surface area contributed by atoms with Crippen molar-refractivity contribution in [3.63, 3.8) is 0 Å². The van der Waals surface area contributed by atoms with Gasteiger partial charge in [-0.25, -0.2) is 8.78 Å². The minimum Gasteiger partial charge on any atom is -0.392 e. The smallest absolute Gasteiger partial charge is 0.123 e. The monoisotopic (exact) mass is 420 g/mol. The second-order valence-corrected chi connectivity index (χ2v) is 8.91. The predicted octanol–water partition coefficient (Wildman–Crippen LogP) is 4.18. The Morgan fingerprint density at radius 3 is 1.93 bits per heavy atom. The number of hydrogen-bond donors (Lipinski definition) is 1. The zero-order valence-corrected chi connectivity index (χ0v) is 17.8. The molecule has 1 atom stereocenters. The maximum Gasteiger partial charge on any atom is 0.123 e. The van der Waals surface area contributed by atoms with Crippen molar-refractivity contribution >= 4 is 11.8 Å². The Labute approximate surface area is 176 Å². The molecule has 1 saturated heterocycles. The zero-order valence-electron chi connectivity index (χ0n) is 16.9. The first kappa shape index (κ1) is 22.2. The van der Waals surface area contributed by atoms with Crippen molar-refractivity contribution < 1.29 is 13.9 Å². The zero-order chi connectivity index (χ0) is 20.6. The highest BCUT2D eigenvalue weighted by molar-refractivity contribution is 7.99. The van der Waals surface area contributed by atoms with Gasteiger partial charge >= 0.3 is 0 Å². The molecule has 1 N–H and O–H groups in total. The summed E-state index contributed by atoms with van der Waals surface area (Å²) in [5, 5.41) is 9.66. The van der Waals surface area contributed by atoms with Crippen LogP contribution in [0.4, 0.5) is 8.78 Å². The van der Waals surface area contributed by atoms with Crippen LogP contribution >= 0.6 is 11.8 Å². The van der Waals surface area contributed by atoms with Gasteiger partial charge in [0.25, 0.3) is 0 Å². The van der Waals surface area contributed by atoms with Crippen LogP contribution in [0.5, 0.6) is 0 Å². The number of thioether (sulfide) groups is 1. The quantitative estimate of drug-likeness (QED) is 0.693. The topological polar surface area (TPSA) is 26.7 Å². The molecule has 3 nitrogen and oxygen atoms in total. The van der Waals surface area contributed by atoms with Crippen LogP contribution in [0.1, 0.15) is 29.7 Å². The van der Waals surface area contributed by atoms with Gasteiger partial charge in [-0.3, -0.25) is 4.90 Å². The van der Waals surface area contributed by atoms with Gasteiger partial charge in [-0.15, -0.1) is 11.8 Å². The third-order valence-corrected chi connectivity index (χ3v) is 6.54. The van der Waals surface area contributed by atoms with Gasteiger partial charge in [0, 0.05) is 31.9 Å². The highest BCUT2D eigenvalue weighted by Gasteiger charge is 2.18. The molecule has 1 unspecified atom stereocenters. The fourth-order valence-corrected chi connectivity index (χ4v) is 5.06. The first-order valence-electron chi connectivity index (χ1n) is 10.3. The summed E-state index contributed by atoms with van der Waals surface area (Å²) in [6.07, 6.45) is 0.820. The van der Waals surface area contributed by atoms with Gasteiger partial charge in [-0.1, -0.05) is 24.3 Å². The van der Waals surface area contributed by atoms with Gasteiger partial charge in [0.2, 0.25) is 0 Å². The molecule has 158 valence electrons. The molecule has 6 heteroatoms. The van der Waals surface area contributed by atoms with Gasteiger partial charge in [0.1, 0.15) is 11.6 Å². The van der Waals surface area contributed by atoms with Crippen LogP contribution in [0.25, 0.3) is 0 Å². The molecule has 0 spiro atoms. The summed E-state index contributed by atoms with van der Waals surface area (Å²) in [6.45, 7) is 7.63. The Hall–Kier alpha value is -1.47. The summed E-state index contributed by atoms with van der Waals surface area (Å²) < 4.78 is 26.7. The van der Waals surface area contributed by atoms with Crippen molar-refractivity contribution in [3.8, 4) is 0 Å². The average Bonchev–Trinajstić information content (AvgIpc) is 2.92. The van der Waals surface area contributed by atoms with Gasteiger partial charge < -0.3 is 10.0 Å². The van der Waals surface area contributed by atoms with Crippen molar-refractivity contribution in [2.45, 2.75) is 24.7 Å². The largest absolute Gasteiger partial charge is 0.392 e. The molecule has 1 heterocycles. The minimum absolute atomic E-state index is 0.0508. The number of aliphatic hydroxyl groups is 1. The van der Waals surface area contributed by atoms with E-state index in [-0.39, 0.29) is 23.0 Å². The highest BCUT2D eigenvalue weighted by atomic mass is 32.2. The molecule has 0 amide bonds. The molecule has 1 aliphatic heterocycles. The summed E-state index contributed by atoms with van der Waals surface area (Å²) in [5.74, 6) is 0.446. The van der Waals surface area contributed by atoms with Gasteiger partial charge in [-0.05, 0) is 61.8 Å². The molecular weight excluding hydrogens is 390 g/mol. The molecule has 0 aromatic heterocycles. The number of benzene rings is 2. The average molecular weight is 421 g/mol. The molecular formula is C23H30F2N2OS. The lowest BCUT2D eigenvalue weighted by Crippen LogP contribution is -2.35. The molecule has 2 aromatic carbocycles. The highest BCUT2D eigenvalue weighted by Crippen LogP contribution is 2.35. The third kappa shape index (κ3) is 7.07. The van der Waals surface area contributed by atoms with E-state index in [2.05, 4.69) is 9.80 Å². The lowest BCUT2D eigenvalue weighted by atomic mass is 10.0. The fourth-order valence-electron chi connectivity index (χ4n) is 3.76. The second kappa shape index (κ2) is 11.1. The third-order valence-electron chi connectivity index (χ3n) is 5.24. The number of rotatable bonds is 8. The van der Waals surface area contributed by atoms with Crippen molar-refractivity contribution in [3.05, 3.63) is 71.3 Å². The van der Waals surface area contributed by atoms with Crippen molar-refractivity contribution in [1.82, 2.24) is 9.80 Å². The summed E-state index contributed by atoms with van der Waals surface area (Å²) in [7, 11) is 0. The van der Waals surface area contributed by atoms with E-state index in [1.54, 1.807) is 0 Å². The molecule has 1 fully saturated rings. The molecule has 29 heavy (non-hydrogen) atoms. The van der Waals surface area contributed by atoms with Crippen LogP contribution in [-0.2, 0) is 0 Å². The Kier molecular flexibility index (Phi) is 8.48. The van der Waals surface area contributed by atoms with Gasteiger partial charge in [-0.2, -0.15) is 0 Å². The molecule has 2 aromatic rings. The van der Waals surface area contributed by atoms with Crippen LogP contribution in [0.15, 0.2) is 48.5 Å². The summed E-state index contributed by atoms with van der Waals surface area (Å²) in [5.41, 5.74) is 2.06. The Bertz CT molecular complexity index is 694. The van der Waals surface area contributed by atoms with Crippen LogP contribution < -0.4 is 0 Å². The molecule has 1 aliphatic rings. The lowest BCUT2D eigenvalue weighted by Gasteiger charge is -2.24. The normalized spacial score (nSPS) is 17.4. The Morgan fingerprint density at radius 2 is 1.38 bits per heavy atom. The molecule has 0 saturated carbocycles. The molecule has 3 rings (SSSR count). The maximum atomic E-state index is 13.4. The van der Waals surface area contributed by atoms with E-state index in [9.17, 15) is 13.9 Å². The van der Waals surface area contributed by atoms with Crippen LogP contribution in [-0.4, -0.2) is 66.0 Å². The maximum absolute atomic E-state index is 13.4. The minimum atomic E-state index is -0.288. The van der Waals surface area contributed by atoms with Gasteiger partial charge in [0.05, 0.1) is 11.4 Å². The van der Waals surface area contributed by atoms with Crippen LogP contribution in [0, 0.1) is 11.6 Å².